The number of carbonyl (C=O) groups excluding carboxylic acids is 1. The molecule has 4 aromatic rings. The van der Waals surface area contributed by atoms with E-state index in [-0.39, 0.29) is 24.7 Å². The van der Waals surface area contributed by atoms with Gasteiger partial charge in [0.2, 0.25) is 0 Å². The molecule has 1 atom stereocenters. The second-order valence-corrected chi connectivity index (χ2v) is 8.32. The van der Waals surface area contributed by atoms with Crippen LogP contribution in [0.3, 0.4) is 0 Å². The van der Waals surface area contributed by atoms with Crippen molar-refractivity contribution in [1.82, 2.24) is 25.0 Å². The average molecular weight is 433 g/mol. The van der Waals surface area contributed by atoms with Crippen LogP contribution >= 0.6 is 11.3 Å². The third kappa shape index (κ3) is 4.21. The third-order valence-corrected chi connectivity index (χ3v) is 5.90. The molecule has 4 rings (SSSR count). The number of thiazole rings is 1. The van der Waals surface area contributed by atoms with Gasteiger partial charge in [0.05, 0.1) is 29.1 Å². The summed E-state index contributed by atoms with van der Waals surface area (Å²) in [7, 11) is 1.64. The van der Waals surface area contributed by atoms with Crippen LogP contribution in [-0.2, 0) is 22.4 Å². The van der Waals surface area contributed by atoms with E-state index >= 15 is 0 Å². The molecule has 0 aliphatic rings. The number of rotatable bonds is 7. The largest absolute Gasteiger partial charge is 0.377 e. The molecule has 3 aromatic heterocycles. The Morgan fingerprint density at radius 1 is 1.29 bits per heavy atom. The minimum Gasteiger partial charge on any atom is -0.377 e. The third-order valence-electron chi connectivity index (χ3n) is 5.02. The highest BCUT2D eigenvalue weighted by Crippen LogP contribution is 2.31. The van der Waals surface area contributed by atoms with Crippen LogP contribution in [0.15, 0.2) is 36.8 Å². The molecule has 0 unspecified atom stereocenters. The Hall–Kier alpha value is -3.48. The normalized spacial score (nSPS) is 12.1. The van der Waals surface area contributed by atoms with Crippen LogP contribution in [0.4, 0.5) is 0 Å². The molecule has 0 bridgehead atoms. The lowest BCUT2D eigenvalue weighted by atomic mass is 9.97. The number of nitriles is 1. The molecule has 31 heavy (non-hydrogen) atoms. The van der Waals surface area contributed by atoms with Crippen LogP contribution in [0.1, 0.15) is 40.3 Å². The molecule has 8 nitrogen and oxygen atoms in total. The predicted molar refractivity (Wildman–Crippen MR) is 116 cm³/mol. The zero-order valence-electron chi connectivity index (χ0n) is 17.4. The summed E-state index contributed by atoms with van der Waals surface area (Å²) in [6.45, 7) is 3.88. The lowest BCUT2D eigenvalue weighted by Gasteiger charge is -2.15. The number of aromatic nitrogens is 5. The standard InChI is InChI=1S/C22H20N6O2S/c1-13(30-3)20-17(12-24-22-21(20)27-14(2)31-22)10-18(29)9-15-4-5-19(16(8-15)11-23)28-25-6-7-26-28/h4-8,12-13H,9-10H2,1-3H3/t13-/m0/s1. The molecule has 9 heteroatoms. The summed E-state index contributed by atoms with van der Waals surface area (Å²) in [5.74, 6) is 0.0199. The van der Waals surface area contributed by atoms with Crippen molar-refractivity contribution in [2.45, 2.75) is 32.8 Å². The topological polar surface area (TPSA) is 107 Å². The van der Waals surface area contributed by atoms with Gasteiger partial charge in [0, 0.05) is 31.7 Å². The van der Waals surface area contributed by atoms with Crippen LogP contribution in [0.5, 0.6) is 0 Å². The van der Waals surface area contributed by atoms with Gasteiger partial charge in [0.15, 0.2) is 0 Å². The van der Waals surface area contributed by atoms with Gasteiger partial charge in [-0.25, -0.2) is 9.97 Å². The lowest BCUT2D eigenvalue weighted by molar-refractivity contribution is -0.117. The summed E-state index contributed by atoms with van der Waals surface area (Å²) in [5.41, 5.74) is 4.27. The number of Topliss-reactive ketones (excluding diaryl/α,β-unsaturated/α-hetero) is 1. The number of benzene rings is 1. The minimum atomic E-state index is -0.208. The van der Waals surface area contributed by atoms with Crippen molar-refractivity contribution in [3.63, 3.8) is 0 Å². The molecule has 156 valence electrons. The summed E-state index contributed by atoms with van der Waals surface area (Å²) in [6.07, 6.45) is 5.05. The van der Waals surface area contributed by atoms with Crippen molar-refractivity contribution in [2.75, 3.05) is 7.11 Å². The highest BCUT2D eigenvalue weighted by Gasteiger charge is 2.20. The molecule has 0 spiro atoms. The van der Waals surface area contributed by atoms with E-state index in [1.54, 1.807) is 37.8 Å². The minimum absolute atomic E-state index is 0.0199. The second-order valence-electron chi connectivity index (χ2n) is 7.14. The van der Waals surface area contributed by atoms with Crippen molar-refractivity contribution in [1.29, 1.82) is 5.26 Å². The number of carbonyl (C=O) groups is 1. The van der Waals surface area contributed by atoms with Gasteiger partial charge in [-0.3, -0.25) is 4.79 Å². The Balaban J connectivity index is 1.59. The number of ketones is 1. The second kappa shape index (κ2) is 8.71. The van der Waals surface area contributed by atoms with E-state index in [1.807, 2.05) is 19.9 Å². The van der Waals surface area contributed by atoms with Crippen LogP contribution in [-0.4, -0.2) is 37.9 Å². The number of fused-ring (bicyclic) bond motifs is 1. The first kappa shape index (κ1) is 20.8. The van der Waals surface area contributed by atoms with Crippen molar-refractivity contribution >= 4 is 27.5 Å². The van der Waals surface area contributed by atoms with E-state index in [0.29, 0.717) is 11.3 Å². The molecule has 0 aliphatic carbocycles. The van der Waals surface area contributed by atoms with Gasteiger partial charge in [-0.1, -0.05) is 17.4 Å². The van der Waals surface area contributed by atoms with Crippen molar-refractivity contribution in [2.24, 2.45) is 0 Å². The van der Waals surface area contributed by atoms with Crippen LogP contribution in [0, 0.1) is 18.3 Å². The van der Waals surface area contributed by atoms with Crippen molar-refractivity contribution in [3.8, 4) is 11.8 Å². The molecule has 1 aromatic carbocycles. The summed E-state index contributed by atoms with van der Waals surface area (Å²) in [4.78, 5) is 24.2. The Morgan fingerprint density at radius 2 is 2.06 bits per heavy atom. The number of pyridine rings is 1. The molecule has 0 saturated carbocycles. The smallest absolute Gasteiger partial charge is 0.143 e. The SMILES string of the molecule is CO[C@@H](C)c1c(CC(=O)Cc2ccc(-n3nccn3)c(C#N)c2)cnc2sc(C)nc12. The van der Waals surface area contributed by atoms with E-state index in [0.717, 1.165) is 32.0 Å². The van der Waals surface area contributed by atoms with Gasteiger partial charge in [0.1, 0.15) is 27.9 Å². The summed E-state index contributed by atoms with van der Waals surface area (Å²) in [6, 6.07) is 7.44. The fourth-order valence-electron chi connectivity index (χ4n) is 3.55. The van der Waals surface area contributed by atoms with Crippen LogP contribution in [0.25, 0.3) is 16.0 Å². The number of nitrogens with zero attached hydrogens (tertiary/aromatic N) is 6. The van der Waals surface area contributed by atoms with Gasteiger partial charge < -0.3 is 4.74 Å². The maximum Gasteiger partial charge on any atom is 0.143 e. The van der Waals surface area contributed by atoms with E-state index in [9.17, 15) is 10.1 Å². The first-order chi connectivity index (χ1) is 15.0. The number of hydrogen-bond acceptors (Lipinski definition) is 8. The molecule has 0 radical (unpaired) electrons. The first-order valence-corrected chi connectivity index (χ1v) is 10.5. The number of ether oxygens (including phenoxy) is 1. The molecule has 0 amide bonds. The molecule has 0 N–H and O–H groups in total. The summed E-state index contributed by atoms with van der Waals surface area (Å²) < 4.78 is 5.55. The Bertz CT molecular complexity index is 1290. The Labute approximate surface area is 183 Å². The molecule has 3 heterocycles. The maximum absolute atomic E-state index is 12.9. The van der Waals surface area contributed by atoms with Gasteiger partial charge >= 0.3 is 0 Å². The monoisotopic (exact) mass is 432 g/mol. The van der Waals surface area contributed by atoms with E-state index in [2.05, 4.69) is 26.2 Å². The van der Waals surface area contributed by atoms with E-state index in [4.69, 9.17) is 4.74 Å². The molecule has 0 fully saturated rings. The number of hydrogen-bond donors (Lipinski definition) is 0. The fraction of sp³-hybridized carbons (Fsp3) is 0.273. The van der Waals surface area contributed by atoms with Crippen LogP contribution in [0.2, 0.25) is 0 Å². The Kier molecular flexibility index (Phi) is 5.84. The van der Waals surface area contributed by atoms with Crippen molar-refractivity contribution in [3.05, 3.63) is 64.1 Å². The van der Waals surface area contributed by atoms with Gasteiger partial charge in [-0.15, -0.1) is 0 Å². The molecule has 0 aliphatic heterocycles. The highest BCUT2D eigenvalue weighted by molar-refractivity contribution is 7.18. The first-order valence-electron chi connectivity index (χ1n) is 9.69. The summed E-state index contributed by atoms with van der Waals surface area (Å²) >= 11 is 1.52. The van der Waals surface area contributed by atoms with Gasteiger partial charge in [0.25, 0.3) is 0 Å². The molecule has 0 saturated heterocycles. The summed E-state index contributed by atoms with van der Waals surface area (Å²) in [5, 5.41) is 18.6. The predicted octanol–water partition coefficient (Wildman–Crippen LogP) is 3.51. The fourth-order valence-corrected chi connectivity index (χ4v) is 4.32. The highest BCUT2D eigenvalue weighted by atomic mass is 32.1. The van der Waals surface area contributed by atoms with Crippen LogP contribution < -0.4 is 0 Å². The molecular weight excluding hydrogens is 412 g/mol. The zero-order valence-corrected chi connectivity index (χ0v) is 18.2. The average Bonchev–Trinajstić information content (AvgIpc) is 3.42. The van der Waals surface area contributed by atoms with Gasteiger partial charge in [-0.2, -0.15) is 20.3 Å². The van der Waals surface area contributed by atoms with Crippen molar-refractivity contribution < 1.29 is 9.53 Å². The Morgan fingerprint density at radius 3 is 2.77 bits per heavy atom. The lowest BCUT2D eigenvalue weighted by Crippen LogP contribution is -2.12. The van der Waals surface area contributed by atoms with Gasteiger partial charge in [-0.05, 0) is 37.1 Å². The van der Waals surface area contributed by atoms with E-state index < -0.39 is 0 Å². The maximum atomic E-state index is 12.9. The molecular formula is C22H20N6O2S. The number of aryl methyl sites for hydroxylation is 1. The van der Waals surface area contributed by atoms with E-state index in [1.165, 1.54) is 16.1 Å². The zero-order chi connectivity index (χ0) is 22.0. The quantitative estimate of drug-likeness (QED) is 0.440. The number of methoxy groups -OCH3 is 1.